The zero-order chi connectivity index (χ0) is 18.5. The van der Waals surface area contributed by atoms with E-state index in [0.717, 1.165) is 40.7 Å². The molecule has 0 saturated carbocycles. The molecule has 0 spiro atoms. The number of hydrogen-bond acceptors (Lipinski definition) is 4. The largest absolute Gasteiger partial charge is 0.489 e. The second kappa shape index (κ2) is 7.28. The van der Waals surface area contributed by atoms with Gasteiger partial charge in [0.05, 0.1) is 28.3 Å². The van der Waals surface area contributed by atoms with E-state index in [-0.39, 0.29) is 24.4 Å². The zero-order valence-electron chi connectivity index (χ0n) is 15.3. The fourth-order valence-corrected chi connectivity index (χ4v) is 4.37. The molecule has 1 saturated heterocycles. The summed E-state index contributed by atoms with van der Waals surface area (Å²) in [6.07, 6.45) is 1.80. The molecule has 3 heterocycles. The molecule has 28 heavy (non-hydrogen) atoms. The lowest BCUT2D eigenvalue weighted by atomic mass is 9.95. The number of rotatable bonds is 1. The number of aryl methyl sites for hydroxylation is 1. The first-order valence-corrected chi connectivity index (χ1v) is 9.43. The maximum Gasteiger partial charge on any atom is 0.258 e. The molecule has 1 unspecified atom stereocenters. The molecule has 1 aromatic heterocycles. The Morgan fingerprint density at radius 1 is 1.25 bits per heavy atom. The third kappa shape index (κ3) is 2.83. The van der Waals surface area contributed by atoms with Gasteiger partial charge in [0.2, 0.25) is 0 Å². The molecule has 0 aliphatic carbocycles. The number of piperazine rings is 1. The number of carbonyl (C=O) groups is 1. The number of nitrogens with zero attached hydrogens (tertiary/aromatic N) is 2. The van der Waals surface area contributed by atoms with E-state index < -0.39 is 0 Å². The molecule has 0 radical (unpaired) electrons. The van der Waals surface area contributed by atoms with Crippen LogP contribution in [0.25, 0.3) is 22.0 Å². The van der Waals surface area contributed by atoms with Crippen LogP contribution in [-0.4, -0.2) is 53.3 Å². The van der Waals surface area contributed by atoms with Gasteiger partial charge in [-0.15, -0.1) is 12.4 Å². The van der Waals surface area contributed by atoms with Gasteiger partial charge in [-0.05, 0) is 30.2 Å². The quantitative estimate of drug-likeness (QED) is 0.634. The number of aromatic nitrogens is 2. The SMILES string of the molecule is Cc1ccc2[nH]ncc2c1-c1ccc2c(c1Cl)OCC1CNCCN1C2=O.Cl. The van der Waals surface area contributed by atoms with Crippen molar-refractivity contribution >= 4 is 40.8 Å². The molecule has 1 fully saturated rings. The van der Waals surface area contributed by atoms with Crippen molar-refractivity contribution in [1.82, 2.24) is 20.4 Å². The predicted octanol–water partition coefficient (Wildman–Crippen LogP) is 3.42. The lowest BCUT2D eigenvalue weighted by Gasteiger charge is -2.33. The summed E-state index contributed by atoms with van der Waals surface area (Å²) >= 11 is 6.79. The van der Waals surface area contributed by atoms with Crippen LogP contribution < -0.4 is 10.1 Å². The maximum absolute atomic E-state index is 13.1. The number of nitrogens with one attached hydrogen (secondary N) is 2. The Morgan fingerprint density at radius 2 is 2.07 bits per heavy atom. The van der Waals surface area contributed by atoms with E-state index in [1.165, 1.54) is 0 Å². The predicted molar refractivity (Wildman–Crippen MR) is 112 cm³/mol. The lowest BCUT2D eigenvalue weighted by molar-refractivity contribution is 0.0606. The lowest BCUT2D eigenvalue weighted by Crippen LogP contribution is -2.54. The van der Waals surface area contributed by atoms with Gasteiger partial charge in [-0.3, -0.25) is 9.89 Å². The maximum atomic E-state index is 13.1. The van der Waals surface area contributed by atoms with E-state index in [0.29, 0.717) is 29.5 Å². The minimum atomic E-state index is -0.0132. The summed E-state index contributed by atoms with van der Waals surface area (Å²) in [6.45, 7) is 4.69. The summed E-state index contributed by atoms with van der Waals surface area (Å²) in [5.74, 6) is 0.467. The monoisotopic (exact) mass is 418 g/mol. The van der Waals surface area contributed by atoms with E-state index in [4.69, 9.17) is 16.3 Å². The highest BCUT2D eigenvalue weighted by atomic mass is 35.5. The van der Waals surface area contributed by atoms with Crippen LogP contribution in [0.5, 0.6) is 5.75 Å². The van der Waals surface area contributed by atoms with Crippen molar-refractivity contribution in [3.8, 4) is 16.9 Å². The summed E-state index contributed by atoms with van der Waals surface area (Å²) in [6, 6.07) is 7.82. The molecule has 2 aliphatic heterocycles. The normalized spacial score (nSPS) is 18.7. The number of carbonyl (C=O) groups excluding carboxylic acids is 1. The molecule has 8 heteroatoms. The van der Waals surface area contributed by atoms with Crippen LogP contribution in [-0.2, 0) is 0 Å². The molecule has 1 atom stereocenters. The summed E-state index contributed by atoms with van der Waals surface area (Å²) in [4.78, 5) is 14.9. The smallest absolute Gasteiger partial charge is 0.258 e. The Balaban J connectivity index is 0.00000192. The molecule has 0 bridgehead atoms. The van der Waals surface area contributed by atoms with Gasteiger partial charge in [-0.25, -0.2) is 0 Å². The van der Waals surface area contributed by atoms with Crippen LogP contribution >= 0.6 is 24.0 Å². The average Bonchev–Trinajstić information content (AvgIpc) is 3.10. The van der Waals surface area contributed by atoms with E-state index in [1.807, 2.05) is 36.1 Å². The molecule has 2 aliphatic rings. The van der Waals surface area contributed by atoms with Gasteiger partial charge in [-0.2, -0.15) is 5.10 Å². The highest BCUT2D eigenvalue weighted by Crippen LogP contribution is 2.43. The Labute approximate surface area is 173 Å². The van der Waals surface area contributed by atoms with Gasteiger partial charge in [0.1, 0.15) is 6.61 Å². The summed E-state index contributed by atoms with van der Waals surface area (Å²) < 4.78 is 6.06. The second-order valence-corrected chi connectivity index (χ2v) is 7.44. The second-order valence-electron chi connectivity index (χ2n) is 7.06. The third-order valence-corrected chi connectivity index (χ3v) is 5.84. The van der Waals surface area contributed by atoms with Crippen molar-refractivity contribution in [3.63, 3.8) is 0 Å². The van der Waals surface area contributed by atoms with Crippen LogP contribution in [0.2, 0.25) is 5.02 Å². The van der Waals surface area contributed by atoms with Gasteiger partial charge in [0.25, 0.3) is 5.91 Å². The molecular formula is C20H20Cl2N4O2. The number of H-pyrrole nitrogens is 1. The minimum absolute atomic E-state index is 0. The van der Waals surface area contributed by atoms with Crippen molar-refractivity contribution < 1.29 is 9.53 Å². The summed E-state index contributed by atoms with van der Waals surface area (Å²) in [5, 5.41) is 11.9. The number of hydrogen-bond donors (Lipinski definition) is 2. The Morgan fingerprint density at radius 3 is 2.93 bits per heavy atom. The number of aromatic amines is 1. The van der Waals surface area contributed by atoms with Crippen LogP contribution in [0.4, 0.5) is 0 Å². The molecule has 1 amide bonds. The number of ether oxygens (including phenoxy) is 1. The average molecular weight is 419 g/mol. The molecule has 2 aromatic carbocycles. The zero-order valence-corrected chi connectivity index (χ0v) is 16.9. The van der Waals surface area contributed by atoms with Gasteiger partial charge in [0, 0.05) is 30.6 Å². The van der Waals surface area contributed by atoms with Crippen LogP contribution in [0.3, 0.4) is 0 Å². The van der Waals surface area contributed by atoms with Crippen molar-refractivity contribution in [3.05, 3.63) is 46.6 Å². The first-order chi connectivity index (χ1) is 13.1. The number of benzene rings is 2. The Hall–Kier alpha value is -2.28. The summed E-state index contributed by atoms with van der Waals surface area (Å²) in [7, 11) is 0. The highest BCUT2D eigenvalue weighted by molar-refractivity contribution is 6.36. The fourth-order valence-electron chi connectivity index (χ4n) is 4.05. The first kappa shape index (κ1) is 19.1. The highest BCUT2D eigenvalue weighted by Gasteiger charge is 2.34. The van der Waals surface area contributed by atoms with Crippen molar-refractivity contribution in [2.24, 2.45) is 0 Å². The van der Waals surface area contributed by atoms with Gasteiger partial charge >= 0.3 is 0 Å². The topological polar surface area (TPSA) is 70.2 Å². The number of halogens is 2. The number of amides is 1. The van der Waals surface area contributed by atoms with Gasteiger partial charge < -0.3 is 15.0 Å². The molecule has 3 aromatic rings. The minimum Gasteiger partial charge on any atom is -0.489 e. The van der Waals surface area contributed by atoms with Crippen LogP contribution in [0.1, 0.15) is 15.9 Å². The summed E-state index contributed by atoms with van der Waals surface area (Å²) in [5.41, 5.74) is 4.43. The fraction of sp³-hybridized carbons (Fsp3) is 0.300. The molecule has 2 N–H and O–H groups in total. The van der Waals surface area contributed by atoms with E-state index in [1.54, 1.807) is 6.20 Å². The van der Waals surface area contributed by atoms with Crippen molar-refractivity contribution in [2.75, 3.05) is 26.2 Å². The van der Waals surface area contributed by atoms with Crippen molar-refractivity contribution in [2.45, 2.75) is 13.0 Å². The van der Waals surface area contributed by atoms with Crippen molar-refractivity contribution in [1.29, 1.82) is 0 Å². The molecule has 146 valence electrons. The standard InChI is InChI=1S/C20H19ClN4O2.ClH/c1-11-2-5-16-15(9-23-24-16)17(11)13-3-4-14-19(18(13)21)27-10-12-8-22-6-7-25(12)20(14)26;/h2-5,9,12,22H,6-8,10H2,1H3,(H,23,24);1H. The Kier molecular flexibility index (Phi) is 4.95. The van der Waals surface area contributed by atoms with E-state index >= 15 is 0 Å². The van der Waals surface area contributed by atoms with E-state index in [9.17, 15) is 4.79 Å². The van der Waals surface area contributed by atoms with Crippen LogP contribution in [0.15, 0.2) is 30.5 Å². The van der Waals surface area contributed by atoms with Gasteiger partial charge in [-0.1, -0.05) is 23.7 Å². The molecule has 6 nitrogen and oxygen atoms in total. The molecular weight excluding hydrogens is 399 g/mol. The van der Waals surface area contributed by atoms with Crippen LogP contribution in [0, 0.1) is 6.92 Å². The van der Waals surface area contributed by atoms with E-state index in [2.05, 4.69) is 15.5 Å². The first-order valence-electron chi connectivity index (χ1n) is 9.05. The molecule has 5 rings (SSSR count). The third-order valence-electron chi connectivity index (χ3n) is 5.46. The number of fused-ring (bicyclic) bond motifs is 3. The Bertz CT molecular complexity index is 1070. The van der Waals surface area contributed by atoms with Gasteiger partial charge in [0.15, 0.2) is 5.75 Å².